The van der Waals surface area contributed by atoms with Crippen molar-refractivity contribution in [1.29, 1.82) is 0 Å². The van der Waals surface area contributed by atoms with Crippen LogP contribution < -0.4 is 10.0 Å². The molecule has 5 nitrogen and oxygen atoms in total. The topological polar surface area (TPSA) is 75.3 Å². The van der Waals surface area contributed by atoms with Crippen molar-refractivity contribution in [2.45, 2.75) is 55.3 Å². The van der Waals surface area contributed by atoms with Crippen molar-refractivity contribution in [3.8, 4) is 12.3 Å². The van der Waals surface area contributed by atoms with Crippen LogP contribution in [0.15, 0.2) is 53.4 Å². The third kappa shape index (κ3) is 5.90. The van der Waals surface area contributed by atoms with Gasteiger partial charge >= 0.3 is 6.18 Å². The Bertz CT molecular complexity index is 1120. The number of alkyl halides is 3. The molecule has 2 atom stereocenters. The highest BCUT2D eigenvalue weighted by atomic mass is 32.2. The first-order valence-electron chi connectivity index (χ1n) is 10.1. The highest BCUT2D eigenvalue weighted by Crippen LogP contribution is 2.31. The average Bonchev–Trinajstić information content (AvgIpc) is 2.73. The number of terminal acetylenes is 1. The minimum absolute atomic E-state index is 0.0904. The molecule has 2 aromatic rings. The predicted octanol–water partition coefficient (Wildman–Crippen LogP) is 3.96. The number of carbonyl (C=O) groups excluding carboxylic acids is 1. The zero-order valence-electron chi connectivity index (χ0n) is 17.2. The number of amides is 1. The summed E-state index contributed by atoms with van der Waals surface area (Å²) in [5, 5.41) is 2.93. The van der Waals surface area contributed by atoms with Crippen molar-refractivity contribution in [3.05, 3.63) is 65.2 Å². The Hall–Kier alpha value is -2.83. The maximum Gasteiger partial charge on any atom is 0.416 e. The SMILES string of the molecule is C#CCC(CC(=O)NC1CCCc2ccccc21)NS(=O)(=O)c1cccc(C(F)(F)F)c1. The Kier molecular flexibility index (Phi) is 7.26. The third-order valence-electron chi connectivity index (χ3n) is 5.29. The van der Waals surface area contributed by atoms with E-state index in [9.17, 15) is 26.4 Å². The third-order valence-corrected chi connectivity index (χ3v) is 6.81. The molecule has 9 heteroatoms. The van der Waals surface area contributed by atoms with E-state index >= 15 is 0 Å². The molecule has 0 saturated heterocycles. The number of hydrogen-bond acceptors (Lipinski definition) is 3. The zero-order valence-corrected chi connectivity index (χ0v) is 18.0. The smallest absolute Gasteiger partial charge is 0.349 e. The number of nitrogens with one attached hydrogen (secondary N) is 2. The molecule has 0 heterocycles. The van der Waals surface area contributed by atoms with Crippen LogP contribution in [0, 0.1) is 12.3 Å². The molecule has 3 rings (SSSR count). The number of rotatable bonds is 7. The molecule has 0 bridgehead atoms. The highest BCUT2D eigenvalue weighted by molar-refractivity contribution is 7.89. The molecule has 1 aliphatic carbocycles. The number of fused-ring (bicyclic) bond motifs is 1. The van der Waals surface area contributed by atoms with Gasteiger partial charge in [-0.05, 0) is 48.6 Å². The maximum absolute atomic E-state index is 12.9. The number of sulfonamides is 1. The summed E-state index contributed by atoms with van der Waals surface area (Å²) in [6.45, 7) is 0. The van der Waals surface area contributed by atoms with Gasteiger partial charge in [0.1, 0.15) is 0 Å². The van der Waals surface area contributed by atoms with Gasteiger partial charge in [0, 0.05) is 18.9 Å². The van der Waals surface area contributed by atoms with Gasteiger partial charge in [0.25, 0.3) is 0 Å². The van der Waals surface area contributed by atoms with Gasteiger partial charge < -0.3 is 5.32 Å². The van der Waals surface area contributed by atoms with Gasteiger partial charge in [0.05, 0.1) is 16.5 Å². The minimum Gasteiger partial charge on any atom is -0.349 e. The molecule has 32 heavy (non-hydrogen) atoms. The van der Waals surface area contributed by atoms with E-state index in [-0.39, 0.29) is 18.9 Å². The molecule has 0 saturated carbocycles. The summed E-state index contributed by atoms with van der Waals surface area (Å²) in [6, 6.07) is 10.1. The lowest BCUT2D eigenvalue weighted by molar-refractivity contribution is -0.137. The molecular weight excluding hydrogens is 441 g/mol. The van der Waals surface area contributed by atoms with Crippen molar-refractivity contribution in [2.75, 3.05) is 0 Å². The fourth-order valence-corrected chi connectivity index (χ4v) is 5.09. The first-order chi connectivity index (χ1) is 15.1. The van der Waals surface area contributed by atoms with E-state index in [0.29, 0.717) is 6.07 Å². The van der Waals surface area contributed by atoms with Crippen LogP contribution in [0.5, 0.6) is 0 Å². The van der Waals surface area contributed by atoms with E-state index < -0.39 is 38.6 Å². The fourth-order valence-electron chi connectivity index (χ4n) is 3.81. The number of aryl methyl sites for hydroxylation is 1. The number of halogens is 3. The summed E-state index contributed by atoms with van der Waals surface area (Å²) >= 11 is 0. The molecule has 170 valence electrons. The van der Waals surface area contributed by atoms with Crippen molar-refractivity contribution < 1.29 is 26.4 Å². The molecular formula is C23H23F3N2O3S. The Morgan fingerprint density at radius 3 is 2.66 bits per heavy atom. The van der Waals surface area contributed by atoms with Crippen molar-refractivity contribution in [3.63, 3.8) is 0 Å². The van der Waals surface area contributed by atoms with Crippen molar-refractivity contribution in [2.24, 2.45) is 0 Å². The van der Waals surface area contributed by atoms with Gasteiger partial charge in [0.15, 0.2) is 0 Å². The average molecular weight is 465 g/mol. The summed E-state index contributed by atoms with van der Waals surface area (Å²) in [4.78, 5) is 12.1. The highest BCUT2D eigenvalue weighted by Gasteiger charge is 2.32. The Morgan fingerprint density at radius 1 is 1.19 bits per heavy atom. The number of carbonyl (C=O) groups is 1. The summed E-state index contributed by atoms with van der Waals surface area (Å²) in [5.41, 5.74) is 1.11. The van der Waals surface area contributed by atoms with Gasteiger partial charge in [-0.25, -0.2) is 13.1 Å². The molecule has 0 spiro atoms. The van der Waals surface area contributed by atoms with E-state index in [1.54, 1.807) is 0 Å². The first kappa shape index (κ1) is 23.8. The van der Waals surface area contributed by atoms with Gasteiger partial charge in [-0.2, -0.15) is 13.2 Å². The molecule has 0 radical (unpaired) electrons. The molecule has 1 amide bonds. The maximum atomic E-state index is 12.9. The Labute approximate surface area is 185 Å². The fraction of sp³-hybridized carbons (Fsp3) is 0.348. The van der Waals surface area contributed by atoms with E-state index in [4.69, 9.17) is 6.42 Å². The van der Waals surface area contributed by atoms with Crippen LogP contribution in [0.25, 0.3) is 0 Å². The zero-order chi connectivity index (χ0) is 23.4. The quantitative estimate of drug-likeness (QED) is 0.609. The van der Waals surface area contributed by atoms with Crippen LogP contribution in [0.2, 0.25) is 0 Å². The lowest BCUT2D eigenvalue weighted by atomic mass is 9.87. The molecule has 2 unspecified atom stereocenters. The lowest BCUT2D eigenvalue weighted by Gasteiger charge is -2.27. The van der Waals surface area contributed by atoms with Gasteiger partial charge in [-0.3, -0.25) is 4.79 Å². The van der Waals surface area contributed by atoms with Crippen LogP contribution in [0.3, 0.4) is 0 Å². The van der Waals surface area contributed by atoms with Gasteiger partial charge in [-0.1, -0.05) is 30.3 Å². The monoisotopic (exact) mass is 464 g/mol. The molecule has 1 aliphatic rings. The number of benzene rings is 2. The van der Waals surface area contributed by atoms with E-state index in [0.717, 1.165) is 48.6 Å². The predicted molar refractivity (Wildman–Crippen MR) is 114 cm³/mol. The Balaban J connectivity index is 1.71. The minimum atomic E-state index is -4.68. The second kappa shape index (κ2) is 9.76. The van der Waals surface area contributed by atoms with E-state index in [1.807, 2.05) is 24.3 Å². The van der Waals surface area contributed by atoms with Crippen LogP contribution in [-0.2, 0) is 27.4 Å². The molecule has 2 aromatic carbocycles. The standard InChI is InChI=1S/C23H23F3N2O3S/c1-2-7-18(28-32(30,31)19-11-6-10-17(14-19)23(24,25)26)15-22(29)27-21-13-5-9-16-8-3-4-12-20(16)21/h1,3-4,6,8,10-12,14,18,21,28H,5,7,9,13,15H2,(H,27,29). The van der Waals surface area contributed by atoms with Crippen molar-refractivity contribution in [1.82, 2.24) is 10.0 Å². The second-order valence-electron chi connectivity index (χ2n) is 7.67. The summed E-state index contributed by atoms with van der Waals surface area (Å²) in [5.74, 6) is 1.93. The van der Waals surface area contributed by atoms with Crippen LogP contribution in [-0.4, -0.2) is 20.4 Å². The van der Waals surface area contributed by atoms with Gasteiger partial charge in [-0.15, -0.1) is 12.3 Å². The van der Waals surface area contributed by atoms with E-state index in [1.165, 1.54) is 0 Å². The van der Waals surface area contributed by atoms with Crippen LogP contribution in [0.1, 0.15) is 48.4 Å². The lowest BCUT2D eigenvalue weighted by Crippen LogP contribution is -2.40. The molecule has 0 fully saturated rings. The molecule has 0 aliphatic heterocycles. The summed E-state index contributed by atoms with van der Waals surface area (Å²) in [6.07, 6.45) is 2.93. The first-order valence-corrected chi connectivity index (χ1v) is 11.6. The normalized spacial score (nSPS) is 17.1. The largest absolute Gasteiger partial charge is 0.416 e. The summed E-state index contributed by atoms with van der Waals surface area (Å²) < 4.78 is 66.4. The molecule has 0 aromatic heterocycles. The van der Waals surface area contributed by atoms with Crippen molar-refractivity contribution >= 4 is 15.9 Å². The van der Waals surface area contributed by atoms with E-state index in [2.05, 4.69) is 16.0 Å². The van der Waals surface area contributed by atoms with Crippen LogP contribution >= 0.6 is 0 Å². The number of hydrogen-bond donors (Lipinski definition) is 2. The van der Waals surface area contributed by atoms with Gasteiger partial charge in [0.2, 0.25) is 15.9 Å². The van der Waals surface area contributed by atoms with Crippen LogP contribution in [0.4, 0.5) is 13.2 Å². The second-order valence-corrected chi connectivity index (χ2v) is 9.38. The summed E-state index contributed by atoms with van der Waals surface area (Å²) in [7, 11) is -4.32. The Morgan fingerprint density at radius 2 is 1.94 bits per heavy atom. The molecule has 2 N–H and O–H groups in total.